The Morgan fingerprint density at radius 3 is 2.82 bits per heavy atom. The molecule has 1 N–H and O–H groups in total. The molecule has 0 saturated carbocycles. The smallest absolute Gasteiger partial charge is 0.273 e. The largest absolute Gasteiger partial charge is 0.372 e. The van der Waals surface area contributed by atoms with Crippen molar-refractivity contribution in [1.29, 1.82) is 0 Å². The second kappa shape index (κ2) is 6.18. The van der Waals surface area contributed by atoms with Crippen LogP contribution < -0.4 is 5.32 Å². The summed E-state index contributed by atoms with van der Waals surface area (Å²) in [5.41, 5.74) is 0.377. The molecule has 94 valence electrons. The molecule has 0 fully saturated rings. The fourth-order valence-corrected chi connectivity index (χ4v) is 1.46. The van der Waals surface area contributed by atoms with Gasteiger partial charge in [0.2, 0.25) is 0 Å². The van der Waals surface area contributed by atoms with E-state index in [0.717, 1.165) is 13.0 Å². The van der Waals surface area contributed by atoms with Gasteiger partial charge in [-0.25, -0.2) is 4.98 Å². The van der Waals surface area contributed by atoms with Gasteiger partial charge in [-0.05, 0) is 5.92 Å². The van der Waals surface area contributed by atoms with Crippen LogP contribution in [-0.2, 0) is 0 Å². The van der Waals surface area contributed by atoms with Crippen molar-refractivity contribution < 1.29 is 4.79 Å². The van der Waals surface area contributed by atoms with Crippen LogP contribution in [0.2, 0.25) is 0 Å². The van der Waals surface area contributed by atoms with Gasteiger partial charge in [-0.1, -0.05) is 20.3 Å². The predicted octanol–water partition coefficient (Wildman–Crippen LogP) is 1.64. The molecular weight excluding hydrogens is 216 g/mol. The summed E-state index contributed by atoms with van der Waals surface area (Å²) in [5, 5.41) is 2.87. The first-order valence-corrected chi connectivity index (χ1v) is 5.83. The summed E-state index contributed by atoms with van der Waals surface area (Å²) in [6, 6.07) is 0. The van der Waals surface area contributed by atoms with E-state index >= 15 is 0 Å². The van der Waals surface area contributed by atoms with Crippen LogP contribution in [0.1, 0.15) is 30.8 Å². The highest BCUT2D eigenvalue weighted by Crippen LogP contribution is 2.07. The Kier molecular flexibility index (Phi) is 4.87. The van der Waals surface area contributed by atoms with Crippen LogP contribution in [0.3, 0.4) is 0 Å². The van der Waals surface area contributed by atoms with E-state index in [2.05, 4.69) is 29.1 Å². The number of hydrogen-bond donors (Lipinski definition) is 1. The van der Waals surface area contributed by atoms with E-state index in [9.17, 15) is 4.79 Å². The molecule has 1 unspecified atom stereocenters. The SMILES string of the molecule is CCC(C)CN(C)C(=O)c1cncc(NC)n1. The average Bonchev–Trinajstić information content (AvgIpc) is 2.37. The van der Waals surface area contributed by atoms with Crippen molar-refractivity contribution in [3.8, 4) is 0 Å². The standard InChI is InChI=1S/C12H20N4O/c1-5-9(2)8-16(4)12(17)10-6-14-7-11(13-3)15-10/h6-7,9H,5,8H2,1-4H3,(H,13,15). The van der Waals surface area contributed by atoms with Crippen molar-refractivity contribution in [2.24, 2.45) is 5.92 Å². The van der Waals surface area contributed by atoms with Gasteiger partial charge in [0, 0.05) is 20.6 Å². The molecule has 1 amide bonds. The molecule has 1 rings (SSSR count). The number of anilines is 1. The Bertz CT molecular complexity index is 381. The van der Waals surface area contributed by atoms with Gasteiger partial charge < -0.3 is 10.2 Å². The van der Waals surface area contributed by atoms with Crippen LogP contribution in [-0.4, -0.2) is 41.4 Å². The van der Waals surface area contributed by atoms with Crippen molar-refractivity contribution in [2.45, 2.75) is 20.3 Å². The number of aromatic nitrogens is 2. The van der Waals surface area contributed by atoms with Gasteiger partial charge in [-0.3, -0.25) is 9.78 Å². The van der Waals surface area contributed by atoms with Crippen molar-refractivity contribution >= 4 is 11.7 Å². The zero-order chi connectivity index (χ0) is 12.8. The van der Waals surface area contributed by atoms with Crippen LogP contribution in [0.25, 0.3) is 0 Å². The third kappa shape index (κ3) is 3.69. The number of carbonyl (C=O) groups excluding carboxylic acids is 1. The third-order valence-electron chi connectivity index (χ3n) is 2.74. The minimum atomic E-state index is -0.0881. The zero-order valence-electron chi connectivity index (χ0n) is 10.9. The highest BCUT2D eigenvalue weighted by molar-refractivity contribution is 5.92. The summed E-state index contributed by atoms with van der Waals surface area (Å²) >= 11 is 0. The lowest BCUT2D eigenvalue weighted by molar-refractivity contribution is 0.0769. The Morgan fingerprint density at radius 1 is 1.53 bits per heavy atom. The van der Waals surface area contributed by atoms with E-state index in [1.165, 1.54) is 6.20 Å². The lowest BCUT2D eigenvalue weighted by Gasteiger charge is -2.20. The fraction of sp³-hybridized carbons (Fsp3) is 0.583. The number of hydrogen-bond acceptors (Lipinski definition) is 4. The molecule has 0 saturated heterocycles. The molecule has 0 spiro atoms. The van der Waals surface area contributed by atoms with Gasteiger partial charge >= 0.3 is 0 Å². The fourth-order valence-electron chi connectivity index (χ4n) is 1.46. The van der Waals surface area contributed by atoms with Crippen molar-refractivity contribution in [3.63, 3.8) is 0 Å². The Balaban J connectivity index is 2.74. The molecule has 0 bridgehead atoms. The number of nitrogens with one attached hydrogen (secondary N) is 1. The van der Waals surface area contributed by atoms with Crippen LogP contribution >= 0.6 is 0 Å². The van der Waals surface area contributed by atoms with Crippen molar-refractivity contribution in [1.82, 2.24) is 14.9 Å². The summed E-state index contributed by atoms with van der Waals surface area (Å²) in [5.74, 6) is 1.01. The Labute approximate surface area is 102 Å². The second-order valence-corrected chi connectivity index (χ2v) is 4.24. The van der Waals surface area contributed by atoms with Gasteiger partial charge in [0.15, 0.2) is 0 Å². The minimum absolute atomic E-state index is 0.0881. The summed E-state index contributed by atoms with van der Waals surface area (Å²) in [6.45, 7) is 4.98. The predicted molar refractivity (Wildman–Crippen MR) is 68.0 cm³/mol. The number of carbonyl (C=O) groups is 1. The molecule has 1 aromatic rings. The first-order valence-electron chi connectivity index (χ1n) is 5.83. The average molecular weight is 236 g/mol. The maximum absolute atomic E-state index is 12.1. The van der Waals surface area contributed by atoms with E-state index < -0.39 is 0 Å². The Morgan fingerprint density at radius 2 is 2.24 bits per heavy atom. The highest BCUT2D eigenvalue weighted by Gasteiger charge is 2.15. The molecule has 17 heavy (non-hydrogen) atoms. The molecule has 1 atom stereocenters. The van der Waals surface area contributed by atoms with E-state index in [-0.39, 0.29) is 5.91 Å². The summed E-state index contributed by atoms with van der Waals surface area (Å²) in [6.07, 6.45) is 4.14. The number of amides is 1. The van der Waals surface area contributed by atoms with E-state index in [4.69, 9.17) is 0 Å². The zero-order valence-corrected chi connectivity index (χ0v) is 10.9. The molecule has 5 heteroatoms. The van der Waals surface area contributed by atoms with Gasteiger partial charge in [-0.2, -0.15) is 0 Å². The second-order valence-electron chi connectivity index (χ2n) is 4.24. The lowest BCUT2D eigenvalue weighted by Crippen LogP contribution is -2.31. The number of rotatable bonds is 5. The molecular formula is C12H20N4O. The topological polar surface area (TPSA) is 58.1 Å². The summed E-state index contributed by atoms with van der Waals surface area (Å²) in [4.78, 5) is 21.9. The Hall–Kier alpha value is -1.65. The summed E-state index contributed by atoms with van der Waals surface area (Å²) < 4.78 is 0. The lowest BCUT2D eigenvalue weighted by atomic mass is 10.1. The van der Waals surface area contributed by atoms with Gasteiger partial charge in [0.25, 0.3) is 5.91 Å². The molecule has 0 radical (unpaired) electrons. The monoisotopic (exact) mass is 236 g/mol. The van der Waals surface area contributed by atoms with Gasteiger partial charge in [0.1, 0.15) is 11.5 Å². The quantitative estimate of drug-likeness (QED) is 0.844. The third-order valence-corrected chi connectivity index (χ3v) is 2.74. The molecule has 1 aromatic heterocycles. The molecule has 0 aliphatic carbocycles. The van der Waals surface area contributed by atoms with Gasteiger partial charge in [0.05, 0.1) is 12.4 Å². The van der Waals surface area contributed by atoms with Crippen LogP contribution in [0.5, 0.6) is 0 Å². The van der Waals surface area contributed by atoms with Crippen LogP contribution in [0.15, 0.2) is 12.4 Å². The highest BCUT2D eigenvalue weighted by atomic mass is 16.2. The first-order chi connectivity index (χ1) is 8.08. The van der Waals surface area contributed by atoms with Crippen LogP contribution in [0.4, 0.5) is 5.82 Å². The van der Waals surface area contributed by atoms with Crippen molar-refractivity contribution in [2.75, 3.05) is 26.0 Å². The van der Waals surface area contributed by atoms with Crippen molar-refractivity contribution in [3.05, 3.63) is 18.1 Å². The maximum Gasteiger partial charge on any atom is 0.273 e. The first kappa shape index (κ1) is 13.4. The van der Waals surface area contributed by atoms with E-state index in [1.807, 2.05) is 0 Å². The molecule has 5 nitrogen and oxygen atoms in total. The van der Waals surface area contributed by atoms with E-state index in [0.29, 0.717) is 17.4 Å². The summed E-state index contributed by atoms with van der Waals surface area (Å²) in [7, 11) is 3.55. The minimum Gasteiger partial charge on any atom is -0.372 e. The maximum atomic E-state index is 12.1. The molecule has 0 aliphatic heterocycles. The van der Waals surface area contributed by atoms with Gasteiger partial charge in [-0.15, -0.1) is 0 Å². The van der Waals surface area contributed by atoms with Crippen LogP contribution in [0, 0.1) is 5.92 Å². The number of nitrogens with zero attached hydrogens (tertiary/aromatic N) is 3. The molecule has 0 aliphatic rings. The molecule has 0 aromatic carbocycles. The normalized spacial score (nSPS) is 12.0. The van der Waals surface area contributed by atoms with E-state index in [1.54, 1.807) is 25.2 Å². The molecule has 1 heterocycles.